The summed E-state index contributed by atoms with van der Waals surface area (Å²) in [6.45, 7) is 18.1. The summed E-state index contributed by atoms with van der Waals surface area (Å²) in [5.74, 6) is 0. The van der Waals surface area contributed by atoms with Crippen molar-refractivity contribution < 1.29 is 4.48 Å². The molecule has 0 atom stereocenters. The van der Waals surface area contributed by atoms with E-state index in [4.69, 9.17) is 0 Å². The summed E-state index contributed by atoms with van der Waals surface area (Å²) in [4.78, 5) is 0. The first kappa shape index (κ1) is 15.2. The third kappa shape index (κ3) is 5.92. The third-order valence-corrected chi connectivity index (χ3v) is 3.04. The largest absolute Gasteiger partial charge is 0.314 e. The lowest BCUT2D eigenvalue weighted by atomic mass is 10.1. The zero-order valence-electron chi connectivity index (χ0n) is 11.0. The van der Waals surface area contributed by atoms with Crippen LogP contribution in [0.5, 0.6) is 0 Å². The highest BCUT2D eigenvalue weighted by molar-refractivity contribution is 4.76. The molecule has 0 aromatic rings. The van der Waals surface area contributed by atoms with Crippen LogP contribution >= 0.6 is 0 Å². The van der Waals surface area contributed by atoms with Crippen molar-refractivity contribution in [3.05, 3.63) is 38.0 Å². The monoisotopic (exact) mass is 222 g/mol. The molecule has 0 aliphatic heterocycles. The summed E-state index contributed by atoms with van der Waals surface area (Å²) in [5.41, 5.74) is 0. The maximum atomic E-state index is 3.87. The second-order valence-electron chi connectivity index (χ2n) is 4.54. The third-order valence-electron chi connectivity index (χ3n) is 3.04. The van der Waals surface area contributed by atoms with Gasteiger partial charge in [-0.25, -0.2) is 0 Å². The summed E-state index contributed by atoms with van der Waals surface area (Å²) >= 11 is 0. The van der Waals surface area contributed by atoms with E-state index in [1.54, 1.807) is 0 Å². The van der Waals surface area contributed by atoms with E-state index in [1.807, 2.05) is 18.2 Å². The molecule has 16 heavy (non-hydrogen) atoms. The summed E-state index contributed by atoms with van der Waals surface area (Å²) < 4.78 is 1.04. The van der Waals surface area contributed by atoms with E-state index in [0.717, 1.165) is 24.1 Å². The lowest BCUT2D eigenvalue weighted by molar-refractivity contribution is -0.912. The highest BCUT2D eigenvalue weighted by Gasteiger charge is 2.21. The SMILES string of the molecule is C=CC[N+](CC=C)(CC=C)CCCCCC. The Balaban J connectivity index is 4.28. The Hall–Kier alpha value is -0.820. The molecule has 0 aromatic heterocycles. The van der Waals surface area contributed by atoms with Gasteiger partial charge in [0.25, 0.3) is 0 Å². The molecule has 0 heterocycles. The van der Waals surface area contributed by atoms with Crippen molar-refractivity contribution in [2.45, 2.75) is 32.6 Å². The predicted molar refractivity (Wildman–Crippen MR) is 74.5 cm³/mol. The molecule has 0 bridgehead atoms. The molecule has 0 saturated carbocycles. The van der Waals surface area contributed by atoms with Crippen molar-refractivity contribution >= 4 is 0 Å². The van der Waals surface area contributed by atoms with Gasteiger partial charge < -0.3 is 4.48 Å². The van der Waals surface area contributed by atoms with Crippen LogP contribution in [0.15, 0.2) is 38.0 Å². The predicted octanol–water partition coefficient (Wildman–Crippen LogP) is 3.94. The normalized spacial score (nSPS) is 11.1. The Morgan fingerprint density at radius 3 is 1.69 bits per heavy atom. The molecule has 0 amide bonds. The summed E-state index contributed by atoms with van der Waals surface area (Å²) in [6, 6.07) is 0. The Kier molecular flexibility index (Phi) is 8.93. The van der Waals surface area contributed by atoms with Gasteiger partial charge in [0.2, 0.25) is 0 Å². The average molecular weight is 222 g/mol. The van der Waals surface area contributed by atoms with Gasteiger partial charge in [0.15, 0.2) is 0 Å². The van der Waals surface area contributed by atoms with Crippen LogP contribution in [0.25, 0.3) is 0 Å². The smallest absolute Gasteiger partial charge is 0.0975 e. The summed E-state index contributed by atoms with van der Waals surface area (Å²) in [6.07, 6.45) is 11.3. The van der Waals surface area contributed by atoms with Gasteiger partial charge in [-0.2, -0.15) is 0 Å². The Labute approximate surface area is 102 Å². The van der Waals surface area contributed by atoms with Crippen LogP contribution in [0.2, 0.25) is 0 Å². The van der Waals surface area contributed by atoms with Crippen LogP contribution in [-0.4, -0.2) is 30.7 Å². The molecular weight excluding hydrogens is 194 g/mol. The minimum atomic E-state index is 1.02. The van der Waals surface area contributed by atoms with E-state index in [2.05, 4.69) is 26.7 Å². The van der Waals surface area contributed by atoms with Crippen molar-refractivity contribution in [3.63, 3.8) is 0 Å². The molecule has 0 unspecified atom stereocenters. The maximum absolute atomic E-state index is 3.87. The number of hydrogen-bond donors (Lipinski definition) is 0. The molecule has 0 radical (unpaired) electrons. The molecule has 0 aliphatic rings. The number of rotatable bonds is 11. The molecule has 0 aliphatic carbocycles. The number of nitrogens with zero attached hydrogens (tertiary/aromatic N) is 1. The average Bonchev–Trinajstić information content (AvgIpc) is 2.26. The standard InChI is InChI=1S/C15H28N/c1-5-9-10-11-15-16(12-6-2,13-7-3)14-8-4/h6-8H,2-5,9-15H2,1H3/q+1. The first-order valence-electron chi connectivity index (χ1n) is 6.42. The van der Waals surface area contributed by atoms with E-state index >= 15 is 0 Å². The molecule has 0 fully saturated rings. The quantitative estimate of drug-likeness (QED) is 0.282. The van der Waals surface area contributed by atoms with Crippen LogP contribution in [0.4, 0.5) is 0 Å². The fourth-order valence-electron chi connectivity index (χ4n) is 2.19. The lowest BCUT2D eigenvalue weighted by Crippen LogP contribution is -2.49. The first-order chi connectivity index (χ1) is 7.74. The maximum Gasteiger partial charge on any atom is 0.0975 e. The van der Waals surface area contributed by atoms with E-state index in [-0.39, 0.29) is 0 Å². The second-order valence-corrected chi connectivity index (χ2v) is 4.54. The first-order valence-corrected chi connectivity index (χ1v) is 6.42. The van der Waals surface area contributed by atoms with Crippen LogP contribution in [0.3, 0.4) is 0 Å². The second kappa shape index (κ2) is 9.41. The van der Waals surface area contributed by atoms with Crippen molar-refractivity contribution in [2.24, 2.45) is 0 Å². The molecular formula is C15H28N+. The van der Waals surface area contributed by atoms with Crippen LogP contribution in [0, 0.1) is 0 Å². The Bertz CT molecular complexity index is 179. The number of hydrogen-bond acceptors (Lipinski definition) is 0. The van der Waals surface area contributed by atoms with Gasteiger partial charge in [0.05, 0.1) is 26.2 Å². The molecule has 92 valence electrons. The van der Waals surface area contributed by atoms with Crippen molar-refractivity contribution in [3.8, 4) is 0 Å². The fraction of sp³-hybridized carbons (Fsp3) is 0.600. The van der Waals surface area contributed by atoms with Crippen LogP contribution in [0.1, 0.15) is 32.6 Å². The van der Waals surface area contributed by atoms with Crippen LogP contribution in [-0.2, 0) is 0 Å². The van der Waals surface area contributed by atoms with E-state index in [9.17, 15) is 0 Å². The van der Waals surface area contributed by atoms with Crippen molar-refractivity contribution in [1.29, 1.82) is 0 Å². The lowest BCUT2D eigenvalue weighted by Gasteiger charge is -2.36. The molecule has 1 nitrogen and oxygen atoms in total. The van der Waals surface area contributed by atoms with Gasteiger partial charge in [0, 0.05) is 0 Å². The van der Waals surface area contributed by atoms with E-state index in [1.165, 1.54) is 32.2 Å². The van der Waals surface area contributed by atoms with Gasteiger partial charge in [-0.1, -0.05) is 39.5 Å². The zero-order valence-corrected chi connectivity index (χ0v) is 11.0. The van der Waals surface area contributed by atoms with Gasteiger partial charge >= 0.3 is 0 Å². The molecule has 0 saturated heterocycles. The number of unbranched alkanes of at least 4 members (excludes halogenated alkanes) is 3. The van der Waals surface area contributed by atoms with E-state index < -0.39 is 0 Å². The van der Waals surface area contributed by atoms with Gasteiger partial charge in [-0.05, 0) is 31.1 Å². The highest BCUT2D eigenvalue weighted by Crippen LogP contribution is 2.12. The summed E-state index contributed by atoms with van der Waals surface area (Å²) in [7, 11) is 0. The molecule has 0 aromatic carbocycles. The van der Waals surface area contributed by atoms with Crippen molar-refractivity contribution in [2.75, 3.05) is 26.2 Å². The molecule has 0 spiro atoms. The topological polar surface area (TPSA) is 0 Å². The minimum Gasteiger partial charge on any atom is -0.314 e. The van der Waals surface area contributed by atoms with Crippen molar-refractivity contribution in [1.82, 2.24) is 0 Å². The van der Waals surface area contributed by atoms with Gasteiger partial charge in [-0.15, -0.1) is 0 Å². The summed E-state index contributed by atoms with van der Waals surface area (Å²) in [5, 5.41) is 0. The van der Waals surface area contributed by atoms with E-state index in [0.29, 0.717) is 0 Å². The molecule has 1 heteroatoms. The zero-order chi connectivity index (χ0) is 12.3. The Morgan fingerprint density at radius 2 is 1.31 bits per heavy atom. The Morgan fingerprint density at radius 1 is 0.812 bits per heavy atom. The van der Waals surface area contributed by atoms with Gasteiger partial charge in [0.1, 0.15) is 0 Å². The number of quaternary nitrogens is 1. The molecule has 0 N–H and O–H groups in total. The van der Waals surface area contributed by atoms with Gasteiger partial charge in [-0.3, -0.25) is 0 Å². The highest BCUT2D eigenvalue weighted by atomic mass is 15.3. The molecule has 0 rings (SSSR count). The minimum absolute atomic E-state index is 1.02. The van der Waals surface area contributed by atoms with Crippen LogP contribution < -0.4 is 0 Å². The fourth-order valence-corrected chi connectivity index (χ4v) is 2.19.